The van der Waals surface area contributed by atoms with Crippen LogP contribution in [0, 0.1) is 0 Å². The Morgan fingerprint density at radius 1 is 1.23 bits per heavy atom. The van der Waals surface area contributed by atoms with E-state index in [0.29, 0.717) is 24.6 Å². The first kappa shape index (κ1) is 20.0. The van der Waals surface area contributed by atoms with E-state index < -0.39 is 11.7 Å². The topological polar surface area (TPSA) is 71.1 Å². The van der Waals surface area contributed by atoms with E-state index >= 15 is 0 Å². The zero-order valence-corrected chi connectivity index (χ0v) is 16.2. The summed E-state index contributed by atoms with van der Waals surface area (Å²) in [4.78, 5) is 27.6. The molecule has 2 rings (SSSR count). The predicted molar refractivity (Wildman–Crippen MR) is 100 cm³/mol. The maximum absolute atomic E-state index is 12.0. The number of nitrogens with one attached hydrogen (secondary N) is 1. The van der Waals surface area contributed by atoms with Crippen LogP contribution >= 0.6 is 0 Å². The minimum atomic E-state index is -0.533. The highest BCUT2D eigenvalue weighted by atomic mass is 16.6. The number of hydrogen-bond donors (Lipinski definition) is 1. The van der Waals surface area contributed by atoms with Gasteiger partial charge in [0.05, 0.1) is 6.04 Å². The van der Waals surface area contributed by atoms with Crippen molar-refractivity contribution in [1.82, 2.24) is 9.80 Å². The summed E-state index contributed by atoms with van der Waals surface area (Å²) in [7, 11) is 1.83. The number of benzene rings is 1. The van der Waals surface area contributed by atoms with Gasteiger partial charge in [-0.2, -0.15) is 0 Å². The second kappa shape index (κ2) is 8.40. The Hall–Kier alpha value is -2.28. The first-order valence-corrected chi connectivity index (χ1v) is 8.87. The fraction of sp³-hybridized carbons (Fsp3) is 0.579. The summed E-state index contributed by atoms with van der Waals surface area (Å²) in [6.07, 6.45) is -0.486. The van der Waals surface area contributed by atoms with Crippen LogP contribution in [-0.4, -0.2) is 66.7 Å². The summed E-state index contributed by atoms with van der Waals surface area (Å²) >= 11 is 0. The standard InChI is InChI=1S/C19H29N3O4/c1-14-17(23)21(5)10-11-22(14)12-13-25-16-8-6-15(7-9-16)20-18(24)26-19(2,3)4/h6-9,14H,10-13H2,1-5H3,(H,20,24)/t14-/m1/s1. The molecule has 1 aliphatic rings. The molecule has 0 aromatic heterocycles. The SMILES string of the molecule is C[C@@H]1C(=O)N(C)CCN1CCOc1ccc(NC(=O)OC(C)(C)C)cc1. The maximum atomic E-state index is 12.0. The van der Waals surface area contributed by atoms with E-state index in [-0.39, 0.29) is 11.9 Å². The molecule has 7 heteroatoms. The molecular formula is C19H29N3O4. The summed E-state index contributed by atoms with van der Waals surface area (Å²) in [5.74, 6) is 0.863. The van der Waals surface area contributed by atoms with Crippen molar-refractivity contribution in [3.8, 4) is 5.75 Å². The Kier molecular flexibility index (Phi) is 6.47. The van der Waals surface area contributed by atoms with Crippen LogP contribution in [0.4, 0.5) is 10.5 Å². The molecule has 1 fully saturated rings. The molecule has 144 valence electrons. The van der Waals surface area contributed by atoms with Gasteiger partial charge in [-0.05, 0) is 52.0 Å². The smallest absolute Gasteiger partial charge is 0.412 e. The van der Waals surface area contributed by atoms with E-state index in [1.807, 2.05) is 34.7 Å². The van der Waals surface area contributed by atoms with Crippen molar-refractivity contribution >= 4 is 17.7 Å². The molecule has 26 heavy (non-hydrogen) atoms. The van der Waals surface area contributed by atoms with Crippen molar-refractivity contribution in [1.29, 1.82) is 0 Å². The third-order valence-corrected chi connectivity index (χ3v) is 4.15. The Labute approximate surface area is 155 Å². The monoisotopic (exact) mass is 363 g/mol. The van der Waals surface area contributed by atoms with Gasteiger partial charge in [0.2, 0.25) is 5.91 Å². The van der Waals surface area contributed by atoms with Crippen LogP contribution in [0.15, 0.2) is 24.3 Å². The molecule has 0 radical (unpaired) electrons. The largest absolute Gasteiger partial charge is 0.492 e. The lowest BCUT2D eigenvalue weighted by Gasteiger charge is -2.37. The van der Waals surface area contributed by atoms with E-state index in [1.165, 1.54) is 0 Å². The fourth-order valence-electron chi connectivity index (χ4n) is 2.70. The zero-order valence-electron chi connectivity index (χ0n) is 16.2. The summed E-state index contributed by atoms with van der Waals surface area (Å²) in [6, 6.07) is 7.01. The molecule has 0 saturated carbocycles. The van der Waals surface area contributed by atoms with Gasteiger partial charge in [0.25, 0.3) is 0 Å². The zero-order chi connectivity index (χ0) is 19.3. The number of anilines is 1. The summed E-state index contributed by atoms with van der Waals surface area (Å²) in [5.41, 5.74) is 0.111. The van der Waals surface area contributed by atoms with Gasteiger partial charge in [0.1, 0.15) is 18.0 Å². The van der Waals surface area contributed by atoms with E-state index in [4.69, 9.17) is 9.47 Å². The molecule has 1 heterocycles. The van der Waals surface area contributed by atoms with E-state index in [1.54, 1.807) is 29.2 Å². The number of piperazine rings is 1. The Bertz CT molecular complexity index is 625. The lowest BCUT2D eigenvalue weighted by molar-refractivity contribution is -0.139. The highest BCUT2D eigenvalue weighted by Gasteiger charge is 2.28. The number of hydrogen-bond acceptors (Lipinski definition) is 5. The molecule has 0 unspecified atom stereocenters. The van der Waals surface area contributed by atoms with E-state index in [2.05, 4.69) is 10.2 Å². The molecule has 0 spiro atoms. The lowest BCUT2D eigenvalue weighted by atomic mass is 10.2. The van der Waals surface area contributed by atoms with Gasteiger partial charge < -0.3 is 14.4 Å². The molecule has 1 atom stereocenters. The molecule has 1 aliphatic heterocycles. The number of ether oxygens (including phenoxy) is 2. The molecule has 1 aromatic carbocycles. The molecule has 2 amide bonds. The lowest BCUT2D eigenvalue weighted by Crippen LogP contribution is -2.55. The third-order valence-electron chi connectivity index (χ3n) is 4.15. The molecule has 0 aliphatic carbocycles. The number of likely N-dealkylation sites (N-methyl/N-ethyl adjacent to an activating group) is 1. The molecule has 1 N–H and O–H groups in total. The normalized spacial score (nSPS) is 18.6. The van der Waals surface area contributed by atoms with Crippen molar-refractivity contribution in [3.05, 3.63) is 24.3 Å². The van der Waals surface area contributed by atoms with Crippen LogP contribution in [0.2, 0.25) is 0 Å². The molecule has 7 nitrogen and oxygen atoms in total. The number of nitrogens with zero attached hydrogens (tertiary/aromatic N) is 2. The molecule has 1 aromatic rings. The fourth-order valence-corrected chi connectivity index (χ4v) is 2.70. The third kappa shape index (κ3) is 5.91. The second-order valence-electron chi connectivity index (χ2n) is 7.47. The summed E-state index contributed by atoms with van der Waals surface area (Å²) < 4.78 is 11.0. The van der Waals surface area contributed by atoms with Crippen LogP contribution in [0.3, 0.4) is 0 Å². The van der Waals surface area contributed by atoms with Crippen LogP contribution in [0.5, 0.6) is 5.75 Å². The van der Waals surface area contributed by atoms with Crippen molar-refractivity contribution in [3.63, 3.8) is 0 Å². The number of carbonyl (C=O) groups is 2. The van der Waals surface area contributed by atoms with Crippen molar-refractivity contribution < 1.29 is 19.1 Å². The average Bonchev–Trinajstić information content (AvgIpc) is 2.54. The number of amides is 2. The maximum Gasteiger partial charge on any atom is 0.412 e. The first-order valence-electron chi connectivity index (χ1n) is 8.87. The van der Waals surface area contributed by atoms with Crippen LogP contribution in [0.25, 0.3) is 0 Å². The number of carbonyl (C=O) groups excluding carboxylic acids is 2. The Morgan fingerprint density at radius 2 is 1.88 bits per heavy atom. The van der Waals surface area contributed by atoms with Gasteiger partial charge >= 0.3 is 6.09 Å². The summed E-state index contributed by atoms with van der Waals surface area (Å²) in [6.45, 7) is 10.2. The van der Waals surface area contributed by atoms with Gasteiger partial charge in [-0.1, -0.05) is 0 Å². The minimum Gasteiger partial charge on any atom is -0.492 e. The number of rotatable bonds is 5. The Balaban J connectivity index is 1.77. The molecule has 0 bridgehead atoms. The van der Waals surface area contributed by atoms with Crippen LogP contribution in [-0.2, 0) is 9.53 Å². The first-order chi connectivity index (χ1) is 12.2. The highest BCUT2D eigenvalue weighted by Crippen LogP contribution is 2.17. The minimum absolute atomic E-state index is 0.113. The summed E-state index contributed by atoms with van der Waals surface area (Å²) in [5, 5.41) is 2.68. The van der Waals surface area contributed by atoms with E-state index in [9.17, 15) is 9.59 Å². The van der Waals surface area contributed by atoms with Gasteiger partial charge in [0, 0.05) is 32.4 Å². The van der Waals surface area contributed by atoms with Crippen molar-refractivity contribution in [2.24, 2.45) is 0 Å². The van der Waals surface area contributed by atoms with Gasteiger partial charge in [-0.25, -0.2) is 4.79 Å². The predicted octanol–water partition coefficient (Wildman–Crippen LogP) is 2.57. The van der Waals surface area contributed by atoms with Crippen LogP contribution in [0.1, 0.15) is 27.7 Å². The molecule has 1 saturated heterocycles. The Morgan fingerprint density at radius 3 is 2.50 bits per heavy atom. The second-order valence-corrected chi connectivity index (χ2v) is 7.47. The van der Waals surface area contributed by atoms with E-state index in [0.717, 1.165) is 13.1 Å². The average molecular weight is 363 g/mol. The van der Waals surface area contributed by atoms with Crippen molar-refractivity contribution in [2.75, 3.05) is 38.6 Å². The van der Waals surface area contributed by atoms with Crippen molar-refractivity contribution in [2.45, 2.75) is 39.3 Å². The molecular weight excluding hydrogens is 334 g/mol. The quantitative estimate of drug-likeness (QED) is 0.871. The van der Waals surface area contributed by atoms with Crippen LogP contribution < -0.4 is 10.1 Å². The van der Waals surface area contributed by atoms with Gasteiger partial charge in [0.15, 0.2) is 0 Å². The van der Waals surface area contributed by atoms with Gasteiger partial charge in [-0.3, -0.25) is 15.0 Å². The highest BCUT2D eigenvalue weighted by molar-refractivity contribution is 5.84. The van der Waals surface area contributed by atoms with Gasteiger partial charge in [-0.15, -0.1) is 0 Å².